The molecule has 2 unspecified atom stereocenters. The monoisotopic (exact) mass is 502 g/mol. The van der Waals surface area contributed by atoms with Gasteiger partial charge in [0.1, 0.15) is 17.3 Å². The summed E-state index contributed by atoms with van der Waals surface area (Å²) >= 11 is 0.793. The Hall–Kier alpha value is -2.89. The molecule has 1 aromatic carbocycles. The lowest BCUT2D eigenvalue weighted by molar-refractivity contribution is -0.141. The van der Waals surface area contributed by atoms with Crippen LogP contribution in [0.2, 0.25) is 0 Å². The van der Waals surface area contributed by atoms with Crippen LogP contribution in [0.4, 0.5) is 4.39 Å². The van der Waals surface area contributed by atoms with E-state index in [1.54, 1.807) is 24.3 Å². The lowest BCUT2D eigenvalue weighted by Gasteiger charge is -2.42. The third kappa shape index (κ3) is 5.68. The minimum atomic E-state index is -1.54. The normalized spacial score (nSPS) is 22.7. The lowest BCUT2D eigenvalue weighted by atomic mass is 9.92. The van der Waals surface area contributed by atoms with E-state index in [4.69, 9.17) is 4.74 Å². The number of carbonyl (C=O) groups is 3. The number of nitrogens with zero attached hydrogens (tertiary/aromatic N) is 4. The Kier molecular flexibility index (Phi) is 7.48. The molecule has 1 saturated heterocycles. The Labute approximate surface area is 206 Å². The van der Waals surface area contributed by atoms with Crippen molar-refractivity contribution in [2.45, 2.75) is 43.7 Å². The molecule has 0 amide bonds. The molecule has 2 heterocycles. The number of ketones is 1. The van der Waals surface area contributed by atoms with Crippen molar-refractivity contribution in [2.24, 2.45) is 5.92 Å². The number of halogens is 1. The van der Waals surface area contributed by atoms with Gasteiger partial charge in [0.25, 0.3) is 0 Å². The van der Waals surface area contributed by atoms with Crippen LogP contribution in [0.1, 0.15) is 43.5 Å². The maximum absolute atomic E-state index is 14.8. The van der Waals surface area contributed by atoms with Gasteiger partial charge in [-0.3, -0.25) is 19.3 Å². The van der Waals surface area contributed by atoms with Crippen LogP contribution in [-0.2, 0) is 25.7 Å². The highest BCUT2D eigenvalue weighted by Crippen LogP contribution is 2.44. The van der Waals surface area contributed by atoms with Crippen molar-refractivity contribution in [1.29, 1.82) is 0 Å². The number of hydrogen-bond donors (Lipinski definition) is 1. The number of rotatable bonds is 8. The molecule has 35 heavy (non-hydrogen) atoms. The molecule has 2 aromatic rings. The first-order chi connectivity index (χ1) is 16.7. The van der Waals surface area contributed by atoms with Crippen LogP contribution in [-0.4, -0.2) is 67.0 Å². The van der Waals surface area contributed by atoms with Gasteiger partial charge in [-0.2, -0.15) is 0 Å². The molecule has 2 aliphatic rings. The van der Waals surface area contributed by atoms with E-state index < -0.39 is 22.8 Å². The van der Waals surface area contributed by atoms with E-state index in [0.717, 1.165) is 24.6 Å². The number of esters is 1. The van der Waals surface area contributed by atoms with Crippen LogP contribution in [0.5, 0.6) is 0 Å². The molecule has 186 valence electrons. The summed E-state index contributed by atoms with van der Waals surface area (Å²) in [6.07, 6.45) is 4.75. The summed E-state index contributed by atoms with van der Waals surface area (Å²) in [4.78, 5) is 37.3. The highest BCUT2D eigenvalue weighted by molar-refractivity contribution is 8.14. The van der Waals surface area contributed by atoms with Gasteiger partial charge in [-0.1, -0.05) is 23.4 Å². The Morgan fingerprint density at radius 2 is 2.09 bits per heavy atom. The topological polar surface area (TPSA) is 115 Å². The number of carbonyl (C=O) groups excluding carboxylic acids is 3. The highest BCUT2D eigenvalue weighted by atomic mass is 32.2. The van der Waals surface area contributed by atoms with Gasteiger partial charge in [0, 0.05) is 37.9 Å². The minimum absolute atomic E-state index is 0.0449. The Morgan fingerprint density at radius 1 is 1.34 bits per heavy atom. The van der Waals surface area contributed by atoms with E-state index in [1.165, 1.54) is 31.0 Å². The Bertz CT molecular complexity index is 1160. The van der Waals surface area contributed by atoms with E-state index in [2.05, 4.69) is 10.3 Å². The second kappa shape index (κ2) is 10.4. The summed E-state index contributed by atoms with van der Waals surface area (Å²) in [6.45, 7) is 1.58. The number of piperidine rings is 1. The molecule has 11 heteroatoms. The van der Waals surface area contributed by atoms with Gasteiger partial charge in [-0.05, 0) is 42.3 Å². The number of likely N-dealkylation sites (tertiary alicyclic amines) is 1. The van der Waals surface area contributed by atoms with Crippen molar-refractivity contribution in [3.8, 4) is 0 Å². The van der Waals surface area contributed by atoms with Crippen molar-refractivity contribution in [3.63, 3.8) is 0 Å². The van der Waals surface area contributed by atoms with Gasteiger partial charge >= 0.3 is 5.97 Å². The second-order valence-electron chi connectivity index (χ2n) is 8.76. The van der Waals surface area contributed by atoms with Crippen molar-refractivity contribution < 1.29 is 28.6 Å². The molecule has 2 fully saturated rings. The summed E-state index contributed by atoms with van der Waals surface area (Å²) in [7, 11) is 1.26. The molecule has 2 atom stereocenters. The molecule has 4 rings (SSSR count). The summed E-state index contributed by atoms with van der Waals surface area (Å²) in [5.41, 5.74) is 1.15. The van der Waals surface area contributed by atoms with E-state index in [0.29, 0.717) is 16.8 Å². The summed E-state index contributed by atoms with van der Waals surface area (Å²) in [6, 6.07) is 5.42. The van der Waals surface area contributed by atoms with Gasteiger partial charge in [-0.25, -0.2) is 9.07 Å². The van der Waals surface area contributed by atoms with Gasteiger partial charge in [-0.15, -0.1) is 5.10 Å². The maximum atomic E-state index is 14.8. The molecule has 1 saturated carbocycles. The van der Waals surface area contributed by atoms with Crippen molar-refractivity contribution >= 4 is 34.7 Å². The van der Waals surface area contributed by atoms with Crippen LogP contribution >= 0.6 is 11.8 Å². The van der Waals surface area contributed by atoms with Crippen LogP contribution in [0.3, 0.4) is 0 Å². The summed E-state index contributed by atoms with van der Waals surface area (Å²) in [5.74, 6) is -1.14. The molecule has 0 bridgehead atoms. The first-order valence-corrected chi connectivity index (χ1v) is 12.1. The molecule has 0 spiro atoms. The first-order valence-electron chi connectivity index (χ1n) is 11.3. The van der Waals surface area contributed by atoms with Crippen LogP contribution in [0.15, 0.2) is 36.0 Å². The van der Waals surface area contributed by atoms with E-state index in [-0.39, 0.29) is 42.9 Å². The zero-order chi connectivity index (χ0) is 25.2. The minimum Gasteiger partial charge on any atom is -0.468 e. The molecule has 1 aromatic heterocycles. The average Bonchev–Trinajstić information content (AvgIpc) is 3.58. The zero-order valence-corrected chi connectivity index (χ0v) is 20.3. The molecular formula is C24H27FN4O5S. The third-order valence-corrected chi connectivity index (χ3v) is 7.31. The highest BCUT2D eigenvalue weighted by Gasteiger charge is 2.45. The smallest absolute Gasteiger partial charge is 0.327 e. The van der Waals surface area contributed by atoms with E-state index >= 15 is 0 Å². The largest absolute Gasteiger partial charge is 0.468 e. The Balaban J connectivity index is 1.72. The van der Waals surface area contributed by atoms with Gasteiger partial charge in [0.2, 0.25) is 0 Å². The third-order valence-electron chi connectivity index (χ3n) is 6.22. The molecule has 1 aliphatic carbocycles. The molecule has 9 nitrogen and oxygen atoms in total. The predicted octanol–water partition coefficient (Wildman–Crippen LogP) is 2.37. The molecule has 1 aliphatic heterocycles. The summed E-state index contributed by atoms with van der Waals surface area (Å²) < 4.78 is 20.8. The number of benzene rings is 1. The van der Waals surface area contributed by atoms with Crippen LogP contribution in [0, 0.1) is 11.7 Å². The quantitative estimate of drug-likeness (QED) is 0.429. The second-order valence-corrected chi connectivity index (χ2v) is 10.2. The number of hydrogen-bond acceptors (Lipinski definition) is 9. The van der Waals surface area contributed by atoms with Crippen LogP contribution < -0.4 is 0 Å². The molecule has 0 radical (unpaired) electrons. The maximum Gasteiger partial charge on any atom is 0.327 e. The number of ether oxygens (including phenoxy) is 1. The number of aliphatic hydroxyl groups is 1. The van der Waals surface area contributed by atoms with E-state index in [9.17, 15) is 23.9 Å². The van der Waals surface area contributed by atoms with E-state index in [1.807, 2.05) is 4.90 Å². The number of aromatic nitrogens is 3. The lowest BCUT2D eigenvalue weighted by Crippen LogP contribution is -2.48. The van der Waals surface area contributed by atoms with Gasteiger partial charge in [0.15, 0.2) is 10.9 Å². The Morgan fingerprint density at radius 3 is 2.74 bits per heavy atom. The number of thioether (sulfide) groups is 1. The fourth-order valence-electron chi connectivity index (χ4n) is 4.29. The van der Waals surface area contributed by atoms with Gasteiger partial charge < -0.3 is 9.84 Å². The first kappa shape index (κ1) is 25.2. The standard InChI is InChI=1S/C24H27FN4O5S/c1-15(30)35-24(33)9-10-28(13-17(24)11-18-12-26-27-29(18)14-21(31)34-2)22(23(32)16-7-8-16)19-5-3-4-6-20(19)25/h3-6,11-12,16,22,33H,7-10,13-14H2,1-2H3. The zero-order valence-electron chi connectivity index (χ0n) is 19.5. The van der Waals surface area contributed by atoms with Crippen molar-refractivity contribution in [2.75, 3.05) is 20.2 Å². The predicted molar refractivity (Wildman–Crippen MR) is 126 cm³/mol. The fourth-order valence-corrected chi connectivity index (χ4v) is 5.22. The fraction of sp³-hybridized carbons (Fsp3) is 0.458. The number of Topliss-reactive ketones (excluding diaryl/α,β-unsaturated/α-hetero) is 1. The summed E-state index contributed by atoms with van der Waals surface area (Å²) in [5, 5.41) is 18.9. The molecular weight excluding hydrogens is 475 g/mol. The van der Waals surface area contributed by atoms with Gasteiger partial charge in [0.05, 0.1) is 25.0 Å². The van der Waals surface area contributed by atoms with Crippen LogP contribution in [0.25, 0.3) is 6.08 Å². The average molecular weight is 503 g/mol. The SMILES string of the molecule is COC(=O)Cn1nncc1C=C1CN(C(C(=O)C2CC2)c2ccccc2F)CCC1(O)SC(C)=O. The van der Waals surface area contributed by atoms with Crippen molar-refractivity contribution in [3.05, 3.63) is 53.1 Å². The molecule has 1 N–H and O–H groups in total. The number of methoxy groups -OCH3 is 1. The van der Waals surface area contributed by atoms with Crippen molar-refractivity contribution in [1.82, 2.24) is 19.9 Å².